The Balaban J connectivity index is 2.21. The fourth-order valence-electron chi connectivity index (χ4n) is 1.83. The van der Waals surface area contributed by atoms with Crippen molar-refractivity contribution in [2.45, 2.75) is 5.75 Å². The van der Waals surface area contributed by atoms with E-state index in [1.165, 1.54) is 11.4 Å². The van der Waals surface area contributed by atoms with Crippen LogP contribution < -0.4 is 10.0 Å². The molecular formula is C15H15N3O2S. The third kappa shape index (κ3) is 3.52. The Labute approximate surface area is 124 Å². The first-order chi connectivity index (χ1) is 9.92. The van der Waals surface area contributed by atoms with Crippen molar-refractivity contribution in [2.75, 3.05) is 17.1 Å². The molecule has 2 N–H and O–H groups in total. The lowest BCUT2D eigenvalue weighted by atomic mass is 10.2. The van der Waals surface area contributed by atoms with Crippen molar-refractivity contribution in [3.63, 3.8) is 0 Å². The van der Waals surface area contributed by atoms with Crippen LogP contribution in [0.5, 0.6) is 0 Å². The van der Waals surface area contributed by atoms with Crippen LogP contribution in [-0.2, 0) is 15.8 Å². The van der Waals surface area contributed by atoms with E-state index in [9.17, 15) is 8.42 Å². The summed E-state index contributed by atoms with van der Waals surface area (Å²) in [4.78, 5) is 0. The highest BCUT2D eigenvalue weighted by Crippen LogP contribution is 2.20. The number of nitrogens with zero attached hydrogens (tertiary/aromatic N) is 2. The molecule has 2 aromatic rings. The lowest BCUT2D eigenvalue weighted by Gasteiger charge is -2.19. The highest BCUT2D eigenvalue weighted by atomic mass is 32.2. The predicted molar refractivity (Wildman–Crippen MR) is 83.0 cm³/mol. The van der Waals surface area contributed by atoms with E-state index in [1.807, 2.05) is 6.07 Å². The maximum atomic E-state index is 12.4. The average Bonchev–Trinajstić information content (AvgIpc) is 2.48. The molecule has 0 saturated carbocycles. The summed E-state index contributed by atoms with van der Waals surface area (Å²) < 4.78 is 26.0. The van der Waals surface area contributed by atoms with Gasteiger partial charge >= 0.3 is 0 Å². The van der Waals surface area contributed by atoms with Gasteiger partial charge in [-0.25, -0.2) is 8.42 Å². The van der Waals surface area contributed by atoms with Gasteiger partial charge in [-0.1, -0.05) is 12.1 Å². The van der Waals surface area contributed by atoms with Crippen LogP contribution in [0.25, 0.3) is 0 Å². The molecule has 0 aliphatic rings. The normalized spacial score (nSPS) is 10.9. The molecule has 2 rings (SSSR count). The van der Waals surface area contributed by atoms with Crippen LogP contribution in [0.1, 0.15) is 11.1 Å². The molecule has 0 amide bonds. The second kappa shape index (κ2) is 5.85. The van der Waals surface area contributed by atoms with Crippen molar-refractivity contribution < 1.29 is 8.42 Å². The fraction of sp³-hybridized carbons (Fsp3) is 0.133. The van der Waals surface area contributed by atoms with Crippen molar-refractivity contribution in [3.8, 4) is 6.07 Å². The Morgan fingerprint density at radius 1 is 1.10 bits per heavy atom. The van der Waals surface area contributed by atoms with E-state index < -0.39 is 10.0 Å². The zero-order valence-corrected chi connectivity index (χ0v) is 12.3. The molecule has 0 bridgehead atoms. The van der Waals surface area contributed by atoms with Gasteiger partial charge in [-0.05, 0) is 42.0 Å². The van der Waals surface area contributed by atoms with Crippen molar-refractivity contribution in [2.24, 2.45) is 0 Å². The van der Waals surface area contributed by atoms with Crippen LogP contribution in [-0.4, -0.2) is 15.5 Å². The minimum atomic E-state index is -3.49. The molecule has 21 heavy (non-hydrogen) atoms. The number of rotatable bonds is 4. The third-order valence-corrected chi connectivity index (χ3v) is 4.85. The van der Waals surface area contributed by atoms with E-state index >= 15 is 0 Å². The van der Waals surface area contributed by atoms with Crippen LogP contribution in [0.3, 0.4) is 0 Å². The van der Waals surface area contributed by atoms with Gasteiger partial charge in [-0.2, -0.15) is 5.26 Å². The summed E-state index contributed by atoms with van der Waals surface area (Å²) in [5.41, 5.74) is 7.86. The molecule has 0 radical (unpaired) electrons. The predicted octanol–water partition coefficient (Wildman–Crippen LogP) is 2.11. The van der Waals surface area contributed by atoms with Crippen LogP contribution in [0.2, 0.25) is 0 Å². The van der Waals surface area contributed by atoms with E-state index in [-0.39, 0.29) is 5.75 Å². The second-order valence-corrected chi connectivity index (χ2v) is 6.62. The topological polar surface area (TPSA) is 87.2 Å². The van der Waals surface area contributed by atoms with Gasteiger partial charge in [0.05, 0.1) is 23.1 Å². The Hall–Kier alpha value is -2.52. The number of nitriles is 1. The number of hydrogen-bond donors (Lipinski definition) is 1. The van der Waals surface area contributed by atoms with Crippen molar-refractivity contribution in [1.82, 2.24) is 0 Å². The molecule has 2 aromatic carbocycles. The van der Waals surface area contributed by atoms with E-state index in [0.29, 0.717) is 22.5 Å². The number of benzene rings is 2. The minimum absolute atomic E-state index is 0.125. The molecule has 0 atom stereocenters. The molecule has 0 aromatic heterocycles. The number of sulfonamides is 1. The number of nitrogen functional groups attached to an aromatic ring is 1. The van der Waals surface area contributed by atoms with E-state index in [1.54, 1.807) is 48.5 Å². The summed E-state index contributed by atoms with van der Waals surface area (Å²) in [6.45, 7) is 0. The molecule has 108 valence electrons. The summed E-state index contributed by atoms with van der Waals surface area (Å²) in [5, 5.41) is 8.73. The van der Waals surface area contributed by atoms with Crippen molar-refractivity contribution in [1.29, 1.82) is 5.26 Å². The van der Waals surface area contributed by atoms with Crippen LogP contribution >= 0.6 is 0 Å². The first kappa shape index (κ1) is 14.9. The first-order valence-electron chi connectivity index (χ1n) is 6.23. The van der Waals surface area contributed by atoms with E-state index in [0.717, 1.165) is 0 Å². The summed E-state index contributed by atoms with van der Waals surface area (Å²) in [7, 11) is -1.98. The number of anilines is 2. The highest BCUT2D eigenvalue weighted by molar-refractivity contribution is 7.92. The van der Waals surface area contributed by atoms with Crippen molar-refractivity contribution in [3.05, 3.63) is 59.7 Å². The number of hydrogen-bond acceptors (Lipinski definition) is 4. The molecule has 0 aliphatic heterocycles. The van der Waals surface area contributed by atoms with Gasteiger partial charge in [-0.3, -0.25) is 4.31 Å². The quantitative estimate of drug-likeness (QED) is 0.876. The van der Waals surface area contributed by atoms with Gasteiger partial charge < -0.3 is 5.73 Å². The Kier molecular flexibility index (Phi) is 4.15. The van der Waals surface area contributed by atoms with Gasteiger partial charge in [0, 0.05) is 12.7 Å². The maximum Gasteiger partial charge on any atom is 0.239 e. The standard InChI is InChI=1S/C15H15N3O2S/c1-18(15-8-6-14(17)7-9-15)21(19,20)11-13-4-2-12(10-16)3-5-13/h2-9H,11,17H2,1H3. The summed E-state index contributed by atoms with van der Waals surface area (Å²) >= 11 is 0. The summed E-state index contributed by atoms with van der Waals surface area (Å²) in [6.07, 6.45) is 0. The smallest absolute Gasteiger partial charge is 0.239 e. The Morgan fingerprint density at radius 3 is 2.19 bits per heavy atom. The van der Waals surface area contributed by atoms with E-state index in [2.05, 4.69) is 0 Å². The maximum absolute atomic E-state index is 12.4. The van der Waals surface area contributed by atoms with Crippen LogP contribution in [0, 0.1) is 11.3 Å². The molecule has 0 saturated heterocycles. The number of nitrogens with two attached hydrogens (primary N) is 1. The Bertz CT molecular complexity index is 760. The van der Waals surface area contributed by atoms with Gasteiger partial charge in [0.2, 0.25) is 10.0 Å². The zero-order valence-electron chi connectivity index (χ0n) is 11.5. The molecular weight excluding hydrogens is 286 g/mol. The van der Waals surface area contributed by atoms with Gasteiger partial charge in [-0.15, -0.1) is 0 Å². The lowest BCUT2D eigenvalue weighted by Crippen LogP contribution is -2.27. The van der Waals surface area contributed by atoms with Crippen molar-refractivity contribution >= 4 is 21.4 Å². The summed E-state index contributed by atoms with van der Waals surface area (Å²) in [6, 6.07) is 15.1. The minimum Gasteiger partial charge on any atom is -0.399 e. The largest absolute Gasteiger partial charge is 0.399 e. The molecule has 0 spiro atoms. The molecule has 5 nitrogen and oxygen atoms in total. The van der Waals surface area contributed by atoms with Crippen LogP contribution in [0.15, 0.2) is 48.5 Å². The first-order valence-corrected chi connectivity index (χ1v) is 7.84. The van der Waals surface area contributed by atoms with Gasteiger partial charge in [0.15, 0.2) is 0 Å². The summed E-state index contributed by atoms with van der Waals surface area (Å²) in [5.74, 6) is -0.125. The molecule has 0 unspecified atom stereocenters. The monoisotopic (exact) mass is 301 g/mol. The van der Waals surface area contributed by atoms with Gasteiger partial charge in [0.1, 0.15) is 0 Å². The lowest BCUT2D eigenvalue weighted by molar-refractivity contribution is 0.593. The van der Waals surface area contributed by atoms with Crippen LogP contribution in [0.4, 0.5) is 11.4 Å². The Morgan fingerprint density at radius 2 is 1.67 bits per heavy atom. The average molecular weight is 301 g/mol. The van der Waals surface area contributed by atoms with Gasteiger partial charge in [0.25, 0.3) is 0 Å². The molecule has 0 heterocycles. The zero-order chi connectivity index (χ0) is 15.5. The SMILES string of the molecule is CN(c1ccc(N)cc1)S(=O)(=O)Cc1ccc(C#N)cc1. The second-order valence-electron chi connectivity index (χ2n) is 4.62. The van der Waals surface area contributed by atoms with E-state index in [4.69, 9.17) is 11.0 Å². The molecule has 6 heteroatoms. The molecule has 0 fully saturated rings. The fourth-order valence-corrected chi connectivity index (χ4v) is 3.08. The third-order valence-electron chi connectivity index (χ3n) is 3.11. The molecule has 0 aliphatic carbocycles. The highest BCUT2D eigenvalue weighted by Gasteiger charge is 2.19.